The number of ether oxygens (including phenoxy) is 2. The predicted molar refractivity (Wildman–Crippen MR) is 227 cm³/mol. The first-order valence-electron chi connectivity index (χ1n) is 20.4. The summed E-state index contributed by atoms with van der Waals surface area (Å²) in [5.41, 5.74) is 3.99. The zero-order valence-electron chi connectivity index (χ0n) is 33.5. The second kappa shape index (κ2) is 17.6. The number of ketones is 1. The van der Waals surface area contributed by atoms with Crippen molar-refractivity contribution in [3.05, 3.63) is 149 Å². The Bertz CT molecular complexity index is 2230. The molecule has 5 aromatic rings. The molecule has 0 spiro atoms. The Hall–Kier alpha value is -5.08. The highest BCUT2D eigenvalue weighted by Crippen LogP contribution is 2.59. The molecule has 4 atom stereocenters. The van der Waals surface area contributed by atoms with Gasteiger partial charge in [-0.3, -0.25) is 4.79 Å². The third-order valence-corrected chi connectivity index (χ3v) is 12.6. The molecule has 2 N–H and O–H groups in total. The number of hydrogen-bond acceptors (Lipinski definition) is 6. The SMILES string of the molecule is COCCCN(CC1(O)CCC2c3ccc(cc3C(=O)c3ccccc3-c3ccccc3)CC(O)CCC(C)=CCCC21C)C(=O)Oc1ccc2ccccc2c1. The van der Waals surface area contributed by atoms with E-state index in [-0.39, 0.29) is 18.2 Å². The Morgan fingerprint density at radius 3 is 2.40 bits per heavy atom. The third-order valence-electron chi connectivity index (χ3n) is 12.6. The second-order valence-corrected chi connectivity index (χ2v) is 16.3. The van der Waals surface area contributed by atoms with Crippen molar-refractivity contribution in [1.82, 2.24) is 4.90 Å². The number of rotatable bonds is 10. The summed E-state index contributed by atoms with van der Waals surface area (Å²) in [5, 5.41) is 26.2. The maximum atomic E-state index is 15.0. The molecule has 3 aliphatic carbocycles. The van der Waals surface area contributed by atoms with Gasteiger partial charge in [0.05, 0.1) is 18.2 Å². The van der Waals surface area contributed by atoms with Crippen LogP contribution in [0.15, 0.2) is 127 Å². The van der Waals surface area contributed by atoms with E-state index in [1.807, 2.05) is 103 Å². The number of amides is 1. The summed E-state index contributed by atoms with van der Waals surface area (Å²) in [7, 11) is 1.64. The van der Waals surface area contributed by atoms with Crippen LogP contribution in [0, 0.1) is 5.41 Å². The monoisotopic (exact) mass is 765 g/mol. The van der Waals surface area contributed by atoms with Crippen molar-refractivity contribution in [3.8, 4) is 16.9 Å². The van der Waals surface area contributed by atoms with Gasteiger partial charge in [-0.05, 0) is 115 Å². The molecule has 1 fully saturated rings. The standard InChI is InChI=1S/C50H55NO6/c1-35-13-11-27-49(2)46(26-28-50(49,55)34-51(29-12-30-56-3)48(54)57-41-24-22-37-14-7-8-17-39(37)33-41)43-25-21-36(31-40(52)23-20-35)32-45(43)47(53)44-19-10-9-18-42(44)38-15-5-4-6-16-38/h4-10,13-19,21-22,24-25,32-33,40,46,52,55H,11-12,20,23,26-31,34H2,1-3H3. The Labute approximate surface area is 337 Å². The Morgan fingerprint density at radius 2 is 1.60 bits per heavy atom. The first-order valence-corrected chi connectivity index (χ1v) is 20.4. The van der Waals surface area contributed by atoms with Gasteiger partial charge in [0.2, 0.25) is 0 Å². The maximum absolute atomic E-state index is 15.0. The number of carbonyl (C=O) groups is 2. The summed E-state index contributed by atoms with van der Waals surface area (Å²) in [5.74, 6) is 0.167. The molecule has 0 heterocycles. The molecule has 7 heteroatoms. The molecule has 8 rings (SSSR count). The molecule has 5 aromatic carbocycles. The lowest BCUT2D eigenvalue weighted by molar-refractivity contribution is -0.0795. The van der Waals surface area contributed by atoms with E-state index in [0.717, 1.165) is 39.4 Å². The number of carbonyl (C=O) groups excluding carboxylic acids is 2. The molecule has 2 bridgehead atoms. The van der Waals surface area contributed by atoms with Crippen LogP contribution in [-0.4, -0.2) is 65.5 Å². The summed E-state index contributed by atoms with van der Waals surface area (Å²) in [6.45, 7) is 5.13. The molecule has 296 valence electrons. The molecule has 57 heavy (non-hydrogen) atoms. The lowest BCUT2D eigenvalue weighted by Crippen LogP contribution is -2.54. The Balaban J connectivity index is 1.28. The topological polar surface area (TPSA) is 96.3 Å². The van der Waals surface area contributed by atoms with Gasteiger partial charge in [0, 0.05) is 36.8 Å². The van der Waals surface area contributed by atoms with Gasteiger partial charge in [-0.25, -0.2) is 4.79 Å². The van der Waals surface area contributed by atoms with E-state index in [2.05, 4.69) is 26.0 Å². The number of aliphatic hydroxyl groups is 2. The Morgan fingerprint density at radius 1 is 0.842 bits per heavy atom. The van der Waals surface area contributed by atoms with Gasteiger partial charge in [-0.2, -0.15) is 0 Å². The third kappa shape index (κ3) is 8.76. The second-order valence-electron chi connectivity index (χ2n) is 16.3. The summed E-state index contributed by atoms with van der Waals surface area (Å²) < 4.78 is 11.4. The number of aliphatic hydroxyl groups excluding tert-OH is 1. The van der Waals surface area contributed by atoms with Crippen LogP contribution in [0.5, 0.6) is 5.75 Å². The van der Waals surface area contributed by atoms with Gasteiger partial charge < -0.3 is 24.6 Å². The van der Waals surface area contributed by atoms with E-state index < -0.39 is 23.2 Å². The molecule has 0 aliphatic heterocycles. The van der Waals surface area contributed by atoms with Crippen molar-refractivity contribution < 1.29 is 29.3 Å². The molecular formula is C50H55NO6. The highest BCUT2D eigenvalue weighted by atomic mass is 16.6. The van der Waals surface area contributed by atoms with Crippen LogP contribution in [0.4, 0.5) is 4.79 Å². The van der Waals surface area contributed by atoms with Crippen LogP contribution < -0.4 is 4.74 Å². The number of methoxy groups -OCH3 is 1. The summed E-state index contributed by atoms with van der Waals surface area (Å²) in [6, 6.07) is 37.3. The van der Waals surface area contributed by atoms with Gasteiger partial charge in [0.15, 0.2) is 5.78 Å². The highest BCUT2D eigenvalue weighted by molar-refractivity contribution is 6.14. The summed E-state index contributed by atoms with van der Waals surface area (Å²) in [6.07, 6.45) is 5.97. The zero-order chi connectivity index (χ0) is 40.0. The molecule has 7 nitrogen and oxygen atoms in total. The van der Waals surface area contributed by atoms with E-state index in [1.54, 1.807) is 18.1 Å². The fraction of sp³-hybridized carbons (Fsp3) is 0.360. The lowest BCUT2D eigenvalue weighted by atomic mass is 9.64. The molecule has 1 amide bonds. The van der Waals surface area contributed by atoms with Gasteiger partial charge in [0.25, 0.3) is 0 Å². The highest BCUT2D eigenvalue weighted by Gasteiger charge is 2.57. The number of allylic oxidation sites excluding steroid dienone is 2. The Kier molecular flexibility index (Phi) is 12.4. The van der Waals surface area contributed by atoms with Crippen molar-refractivity contribution >= 4 is 22.6 Å². The average Bonchev–Trinajstić information content (AvgIpc) is 3.48. The minimum absolute atomic E-state index is 0.0726. The van der Waals surface area contributed by atoms with Crippen molar-refractivity contribution in [1.29, 1.82) is 0 Å². The fourth-order valence-corrected chi connectivity index (χ4v) is 9.24. The molecule has 0 aromatic heterocycles. The number of benzene rings is 5. The summed E-state index contributed by atoms with van der Waals surface area (Å²) >= 11 is 0. The smallest absolute Gasteiger partial charge is 0.410 e. The molecule has 0 saturated heterocycles. The molecule has 1 saturated carbocycles. The normalized spacial score (nSPS) is 22.4. The van der Waals surface area contributed by atoms with E-state index in [4.69, 9.17) is 9.47 Å². The molecule has 3 aliphatic rings. The number of nitrogens with zero attached hydrogens (tertiary/aromatic N) is 1. The average molecular weight is 766 g/mol. The van der Waals surface area contributed by atoms with Crippen LogP contribution in [0.1, 0.15) is 91.8 Å². The minimum atomic E-state index is -1.30. The van der Waals surface area contributed by atoms with Crippen molar-refractivity contribution in [3.63, 3.8) is 0 Å². The van der Waals surface area contributed by atoms with Crippen molar-refractivity contribution in [2.75, 3.05) is 26.8 Å². The van der Waals surface area contributed by atoms with E-state index in [9.17, 15) is 15.0 Å². The van der Waals surface area contributed by atoms with E-state index in [0.29, 0.717) is 75.0 Å². The largest absolute Gasteiger partial charge is 0.415 e. The maximum Gasteiger partial charge on any atom is 0.415 e. The van der Waals surface area contributed by atoms with E-state index >= 15 is 4.79 Å². The van der Waals surface area contributed by atoms with Gasteiger partial charge >= 0.3 is 6.09 Å². The number of hydrogen-bond donors (Lipinski definition) is 2. The minimum Gasteiger partial charge on any atom is -0.410 e. The summed E-state index contributed by atoms with van der Waals surface area (Å²) in [4.78, 5) is 30.8. The van der Waals surface area contributed by atoms with E-state index in [1.165, 1.54) is 5.57 Å². The molecule has 4 unspecified atom stereocenters. The first kappa shape index (κ1) is 40.1. The lowest BCUT2D eigenvalue weighted by Gasteiger charge is -2.46. The van der Waals surface area contributed by atoms with Gasteiger partial charge in [-0.15, -0.1) is 0 Å². The first-order chi connectivity index (χ1) is 27.6. The van der Waals surface area contributed by atoms with Gasteiger partial charge in [0.1, 0.15) is 5.75 Å². The van der Waals surface area contributed by atoms with Crippen LogP contribution in [0.2, 0.25) is 0 Å². The molecular weight excluding hydrogens is 711 g/mol. The van der Waals surface area contributed by atoms with Crippen LogP contribution in [0.25, 0.3) is 21.9 Å². The predicted octanol–water partition coefficient (Wildman–Crippen LogP) is 10.3. The van der Waals surface area contributed by atoms with Crippen LogP contribution in [0.3, 0.4) is 0 Å². The molecule has 0 radical (unpaired) electrons. The zero-order valence-corrected chi connectivity index (χ0v) is 33.5. The van der Waals surface area contributed by atoms with Crippen LogP contribution in [-0.2, 0) is 11.2 Å². The number of fused-ring (bicyclic) bond motifs is 9. The fourth-order valence-electron chi connectivity index (χ4n) is 9.24. The van der Waals surface area contributed by atoms with Crippen molar-refractivity contribution in [2.24, 2.45) is 5.41 Å². The van der Waals surface area contributed by atoms with Crippen molar-refractivity contribution in [2.45, 2.75) is 82.8 Å². The van der Waals surface area contributed by atoms with Crippen LogP contribution >= 0.6 is 0 Å². The van der Waals surface area contributed by atoms with Gasteiger partial charge in [-0.1, -0.05) is 116 Å². The quantitative estimate of drug-likeness (QED) is 0.0835.